The van der Waals surface area contributed by atoms with E-state index in [2.05, 4.69) is 22.6 Å². The second-order valence-corrected chi connectivity index (χ2v) is 9.81. The first-order valence-electron chi connectivity index (χ1n) is 10.0. The Kier molecular flexibility index (Phi) is 7.46. The summed E-state index contributed by atoms with van der Waals surface area (Å²) in [5.74, 6) is 0.0905. The molecular formula is C25H18INO4S2. The normalized spacial score (nSPS) is 14.6. The Bertz CT molecular complexity index is 1260. The molecule has 1 fully saturated rings. The third kappa shape index (κ3) is 5.45. The molecule has 5 nitrogen and oxygen atoms in total. The van der Waals surface area contributed by atoms with Gasteiger partial charge in [0, 0.05) is 3.57 Å². The molecule has 0 radical (unpaired) electrons. The predicted molar refractivity (Wildman–Crippen MR) is 144 cm³/mol. The van der Waals surface area contributed by atoms with Crippen molar-refractivity contribution in [1.82, 2.24) is 0 Å². The summed E-state index contributed by atoms with van der Waals surface area (Å²) in [5.41, 5.74) is 1.93. The number of amides is 1. The smallest absolute Gasteiger partial charge is 0.343 e. The van der Waals surface area contributed by atoms with Crippen LogP contribution >= 0.6 is 46.6 Å². The van der Waals surface area contributed by atoms with Crippen molar-refractivity contribution in [3.8, 4) is 11.5 Å². The average molecular weight is 587 g/mol. The summed E-state index contributed by atoms with van der Waals surface area (Å²) < 4.78 is 12.7. The molecule has 8 heteroatoms. The highest BCUT2D eigenvalue weighted by Gasteiger charge is 2.33. The second kappa shape index (κ2) is 10.5. The quantitative estimate of drug-likeness (QED) is 0.111. The van der Waals surface area contributed by atoms with Crippen molar-refractivity contribution >= 4 is 74.5 Å². The van der Waals surface area contributed by atoms with E-state index in [1.165, 1.54) is 16.7 Å². The maximum atomic E-state index is 13.0. The predicted octanol–water partition coefficient (Wildman–Crippen LogP) is 6.31. The lowest BCUT2D eigenvalue weighted by Crippen LogP contribution is -2.27. The highest BCUT2D eigenvalue weighted by atomic mass is 127. The van der Waals surface area contributed by atoms with Crippen LogP contribution in [-0.4, -0.2) is 22.8 Å². The molecule has 0 N–H and O–H groups in total. The molecule has 0 unspecified atom stereocenters. The number of thiocarbonyl (C=S) groups is 1. The van der Waals surface area contributed by atoms with Crippen LogP contribution in [0.5, 0.6) is 11.5 Å². The molecule has 3 aromatic rings. The van der Waals surface area contributed by atoms with Gasteiger partial charge in [-0.25, -0.2) is 4.79 Å². The number of hydrogen-bond acceptors (Lipinski definition) is 6. The van der Waals surface area contributed by atoms with Crippen molar-refractivity contribution in [1.29, 1.82) is 0 Å². The van der Waals surface area contributed by atoms with Gasteiger partial charge in [0.2, 0.25) is 0 Å². The van der Waals surface area contributed by atoms with Crippen molar-refractivity contribution < 1.29 is 19.1 Å². The van der Waals surface area contributed by atoms with Gasteiger partial charge in [-0.3, -0.25) is 9.69 Å². The first-order chi connectivity index (χ1) is 16.0. The molecule has 0 aromatic heterocycles. The molecule has 0 spiro atoms. The largest absolute Gasteiger partial charge is 0.490 e. The van der Waals surface area contributed by atoms with Gasteiger partial charge in [-0.15, -0.1) is 0 Å². The van der Waals surface area contributed by atoms with Gasteiger partial charge in [-0.2, -0.15) is 0 Å². The Morgan fingerprint density at radius 1 is 1.06 bits per heavy atom. The van der Waals surface area contributed by atoms with Gasteiger partial charge in [0.25, 0.3) is 5.91 Å². The number of carbonyl (C=O) groups is 2. The number of benzene rings is 3. The van der Waals surface area contributed by atoms with Crippen molar-refractivity contribution in [2.75, 3.05) is 11.5 Å². The fourth-order valence-electron chi connectivity index (χ4n) is 3.16. The van der Waals surface area contributed by atoms with Crippen LogP contribution in [0.15, 0.2) is 77.7 Å². The molecule has 1 heterocycles. The summed E-state index contributed by atoms with van der Waals surface area (Å²) in [4.78, 5) is 27.6. The van der Waals surface area contributed by atoms with Crippen molar-refractivity contribution in [3.05, 3.63) is 92.4 Å². The third-order valence-corrected chi connectivity index (χ3v) is 6.61. The average Bonchev–Trinajstić information content (AvgIpc) is 3.08. The van der Waals surface area contributed by atoms with Gasteiger partial charge >= 0.3 is 5.97 Å². The molecule has 0 saturated carbocycles. The van der Waals surface area contributed by atoms with Crippen LogP contribution in [0.1, 0.15) is 22.8 Å². The minimum Gasteiger partial charge on any atom is -0.490 e. The molecule has 0 bridgehead atoms. The van der Waals surface area contributed by atoms with Crippen LogP contribution in [0.3, 0.4) is 0 Å². The Morgan fingerprint density at radius 3 is 2.58 bits per heavy atom. The number of hydrogen-bond donors (Lipinski definition) is 0. The van der Waals surface area contributed by atoms with E-state index in [0.717, 1.165) is 14.8 Å². The summed E-state index contributed by atoms with van der Waals surface area (Å²) in [7, 11) is 0. The molecule has 0 aliphatic carbocycles. The first kappa shape index (κ1) is 23.5. The fraction of sp³-hybridized carbons (Fsp3) is 0.0800. The third-order valence-electron chi connectivity index (χ3n) is 4.64. The monoisotopic (exact) mass is 587 g/mol. The van der Waals surface area contributed by atoms with Crippen molar-refractivity contribution in [2.45, 2.75) is 6.92 Å². The van der Waals surface area contributed by atoms with Crippen LogP contribution in [-0.2, 0) is 4.79 Å². The second-order valence-electron chi connectivity index (χ2n) is 6.89. The summed E-state index contributed by atoms with van der Waals surface area (Å²) in [6.07, 6.45) is 1.76. The van der Waals surface area contributed by atoms with E-state index in [1.807, 2.05) is 43.3 Å². The zero-order valence-electron chi connectivity index (χ0n) is 17.5. The Morgan fingerprint density at radius 2 is 1.85 bits per heavy atom. The molecular weight excluding hydrogens is 569 g/mol. The number of carbonyl (C=O) groups excluding carboxylic acids is 2. The zero-order valence-corrected chi connectivity index (χ0v) is 21.3. The number of thioether (sulfide) groups is 1. The molecule has 1 aliphatic rings. The van der Waals surface area contributed by atoms with Gasteiger partial charge in [-0.05, 0) is 83.6 Å². The van der Waals surface area contributed by atoms with Gasteiger partial charge < -0.3 is 9.47 Å². The molecule has 3 aromatic carbocycles. The van der Waals surface area contributed by atoms with E-state index >= 15 is 0 Å². The minimum absolute atomic E-state index is 0.177. The number of para-hydroxylation sites is 1. The molecule has 4 rings (SSSR count). The highest BCUT2D eigenvalue weighted by molar-refractivity contribution is 14.1. The van der Waals surface area contributed by atoms with E-state index in [4.69, 9.17) is 21.7 Å². The van der Waals surface area contributed by atoms with Gasteiger partial charge in [-0.1, -0.05) is 54.3 Å². The van der Waals surface area contributed by atoms with Gasteiger partial charge in [0.1, 0.15) is 0 Å². The lowest BCUT2D eigenvalue weighted by atomic mass is 10.1. The SMILES string of the molecule is CCOc1cc(/C=C2/SC(=S)N(c3ccccc3)C2=O)ccc1OC(=O)c1cccc(I)c1. The van der Waals surface area contributed by atoms with Crippen LogP contribution < -0.4 is 14.4 Å². The summed E-state index contributed by atoms with van der Waals surface area (Å²) >= 11 is 8.82. The first-order valence-corrected chi connectivity index (χ1v) is 12.3. The standard InChI is InChI=1S/C25H18INO4S2/c1-2-30-21-13-16(11-12-20(21)31-24(29)17-7-6-8-18(26)15-17)14-22-23(28)27(25(32)33-22)19-9-4-3-5-10-19/h3-15H,2H2,1H3/b22-14+. The zero-order chi connectivity index (χ0) is 23.4. The highest BCUT2D eigenvalue weighted by Crippen LogP contribution is 2.37. The van der Waals surface area contributed by atoms with Gasteiger partial charge in [0.05, 0.1) is 22.8 Å². The lowest BCUT2D eigenvalue weighted by molar-refractivity contribution is -0.113. The molecule has 0 atom stereocenters. The number of nitrogens with zero attached hydrogens (tertiary/aromatic N) is 1. The number of esters is 1. The topological polar surface area (TPSA) is 55.8 Å². The van der Waals surface area contributed by atoms with Crippen LogP contribution in [0.2, 0.25) is 0 Å². The molecule has 166 valence electrons. The van der Waals surface area contributed by atoms with E-state index in [1.54, 1.807) is 42.5 Å². The Balaban J connectivity index is 1.58. The minimum atomic E-state index is -0.467. The number of ether oxygens (including phenoxy) is 2. The van der Waals surface area contributed by atoms with Gasteiger partial charge in [0.15, 0.2) is 15.8 Å². The maximum absolute atomic E-state index is 13.0. The number of rotatable bonds is 6. The van der Waals surface area contributed by atoms with E-state index in [-0.39, 0.29) is 5.91 Å². The molecule has 1 aliphatic heterocycles. The molecule has 1 amide bonds. The summed E-state index contributed by atoms with van der Waals surface area (Å²) in [5, 5.41) is 0. The number of anilines is 1. The van der Waals surface area contributed by atoms with Crippen molar-refractivity contribution in [2.24, 2.45) is 0 Å². The van der Waals surface area contributed by atoms with E-state index in [9.17, 15) is 9.59 Å². The van der Waals surface area contributed by atoms with E-state index < -0.39 is 5.97 Å². The lowest BCUT2D eigenvalue weighted by Gasteiger charge is -2.14. The van der Waals surface area contributed by atoms with E-state index in [0.29, 0.717) is 32.9 Å². The van der Waals surface area contributed by atoms with Crippen molar-refractivity contribution in [3.63, 3.8) is 0 Å². The van der Waals surface area contributed by atoms with Crippen LogP contribution in [0, 0.1) is 3.57 Å². The number of halogens is 1. The molecule has 1 saturated heterocycles. The Labute approximate surface area is 214 Å². The summed E-state index contributed by atoms with van der Waals surface area (Å²) in [6, 6.07) is 21.7. The molecule has 33 heavy (non-hydrogen) atoms. The van der Waals surface area contributed by atoms with Crippen LogP contribution in [0.4, 0.5) is 5.69 Å². The maximum Gasteiger partial charge on any atom is 0.343 e. The van der Waals surface area contributed by atoms with Crippen LogP contribution in [0.25, 0.3) is 6.08 Å². The summed E-state index contributed by atoms with van der Waals surface area (Å²) in [6.45, 7) is 2.25. The fourth-order valence-corrected chi connectivity index (χ4v) is 5.00. The Hall–Kier alpha value is -2.69.